The smallest absolute Gasteiger partial charge is 0.407 e. The molecule has 0 radical (unpaired) electrons. The van der Waals surface area contributed by atoms with Gasteiger partial charge < -0.3 is 19.5 Å². The molecule has 0 bridgehead atoms. The van der Waals surface area contributed by atoms with E-state index in [0.717, 1.165) is 0 Å². The summed E-state index contributed by atoms with van der Waals surface area (Å²) >= 11 is 0. The summed E-state index contributed by atoms with van der Waals surface area (Å²) in [6, 6.07) is 0. The second-order valence-corrected chi connectivity index (χ2v) is 2.84. The van der Waals surface area contributed by atoms with Gasteiger partial charge in [0.1, 0.15) is 0 Å². The summed E-state index contributed by atoms with van der Waals surface area (Å²) in [6.45, 7) is 5.91. The molecule has 1 N–H and O–H groups in total. The molecule has 1 amide bonds. The van der Waals surface area contributed by atoms with Crippen molar-refractivity contribution in [3.63, 3.8) is 0 Å². The highest BCUT2D eigenvalue weighted by atomic mass is 16.7. The molecule has 0 saturated carbocycles. The topological polar surface area (TPSA) is 56.8 Å². The van der Waals surface area contributed by atoms with Crippen LogP contribution in [0.2, 0.25) is 0 Å². The van der Waals surface area contributed by atoms with Gasteiger partial charge in [-0.3, -0.25) is 0 Å². The molecule has 0 aromatic carbocycles. The number of amides is 1. The van der Waals surface area contributed by atoms with Crippen molar-refractivity contribution in [3.8, 4) is 0 Å². The van der Waals surface area contributed by atoms with Gasteiger partial charge in [-0.2, -0.15) is 0 Å². The van der Waals surface area contributed by atoms with Gasteiger partial charge in [-0.05, 0) is 6.92 Å². The molecule has 5 nitrogen and oxygen atoms in total. The monoisotopic (exact) mass is 217 g/mol. The Bertz CT molecular complexity index is 192. The first-order valence-electron chi connectivity index (χ1n) is 4.80. The zero-order valence-electron chi connectivity index (χ0n) is 9.49. The maximum atomic E-state index is 11.2. The minimum atomic E-state index is -0.578. The van der Waals surface area contributed by atoms with E-state index in [1.807, 2.05) is 6.92 Å². The summed E-state index contributed by atoms with van der Waals surface area (Å²) < 4.78 is 15.1. The van der Waals surface area contributed by atoms with E-state index in [4.69, 9.17) is 14.2 Å². The number of alkyl carbamates (subject to hydrolysis) is 1. The predicted molar refractivity (Wildman–Crippen MR) is 56.6 cm³/mol. The van der Waals surface area contributed by atoms with Crippen molar-refractivity contribution in [2.45, 2.75) is 25.7 Å². The van der Waals surface area contributed by atoms with E-state index in [9.17, 15) is 4.79 Å². The average molecular weight is 217 g/mol. The fraction of sp³-hybridized carbons (Fsp3) is 0.700. The van der Waals surface area contributed by atoms with Crippen molar-refractivity contribution in [3.05, 3.63) is 12.7 Å². The van der Waals surface area contributed by atoms with Crippen LogP contribution in [0.5, 0.6) is 0 Å². The van der Waals surface area contributed by atoms with E-state index < -0.39 is 18.5 Å². The molecule has 0 aliphatic heterocycles. The SMILES string of the molecule is C=CCC(OC(=O)NCC)C(OC)OC. The lowest BCUT2D eigenvalue weighted by molar-refractivity contribution is -0.163. The molecule has 0 aliphatic carbocycles. The Hall–Kier alpha value is -1.07. The van der Waals surface area contributed by atoms with Crippen LogP contribution in [0.4, 0.5) is 4.79 Å². The first-order chi connectivity index (χ1) is 7.19. The van der Waals surface area contributed by atoms with E-state index in [2.05, 4.69) is 11.9 Å². The van der Waals surface area contributed by atoms with Crippen LogP contribution < -0.4 is 5.32 Å². The van der Waals surface area contributed by atoms with Gasteiger partial charge in [-0.25, -0.2) is 4.79 Å². The normalized spacial score (nSPS) is 12.3. The van der Waals surface area contributed by atoms with Gasteiger partial charge in [0.25, 0.3) is 0 Å². The summed E-state index contributed by atoms with van der Waals surface area (Å²) in [5, 5.41) is 2.53. The van der Waals surface area contributed by atoms with Crippen LogP contribution in [0.3, 0.4) is 0 Å². The standard InChI is InChI=1S/C10H19NO4/c1-5-7-8(9(13-3)14-4)15-10(12)11-6-2/h5,8-9H,1,6-7H2,2-4H3,(H,11,12). The molecular formula is C10H19NO4. The summed E-state index contributed by atoms with van der Waals surface area (Å²) in [7, 11) is 2.98. The number of carbonyl (C=O) groups is 1. The van der Waals surface area contributed by atoms with Crippen molar-refractivity contribution >= 4 is 6.09 Å². The van der Waals surface area contributed by atoms with Crippen molar-refractivity contribution in [2.75, 3.05) is 20.8 Å². The van der Waals surface area contributed by atoms with E-state index in [-0.39, 0.29) is 0 Å². The van der Waals surface area contributed by atoms with Gasteiger partial charge in [0.15, 0.2) is 12.4 Å². The molecular weight excluding hydrogens is 198 g/mol. The van der Waals surface area contributed by atoms with Gasteiger partial charge in [-0.1, -0.05) is 6.08 Å². The fourth-order valence-corrected chi connectivity index (χ4v) is 1.10. The number of rotatable bonds is 7. The Morgan fingerprint density at radius 2 is 2.07 bits per heavy atom. The van der Waals surface area contributed by atoms with E-state index in [1.54, 1.807) is 6.08 Å². The summed E-state index contributed by atoms with van der Waals surface area (Å²) in [6.07, 6.45) is 0.580. The van der Waals surface area contributed by atoms with Crippen molar-refractivity contribution in [1.29, 1.82) is 0 Å². The molecule has 1 atom stereocenters. The van der Waals surface area contributed by atoms with Crippen LogP contribution in [0.1, 0.15) is 13.3 Å². The third kappa shape index (κ3) is 5.39. The van der Waals surface area contributed by atoms with E-state index in [1.165, 1.54) is 14.2 Å². The fourth-order valence-electron chi connectivity index (χ4n) is 1.10. The predicted octanol–water partition coefficient (Wildman–Crippen LogP) is 1.30. The highest BCUT2D eigenvalue weighted by Crippen LogP contribution is 2.09. The third-order valence-electron chi connectivity index (χ3n) is 1.75. The molecule has 5 heteroatoms. The van der Waals surface area contributed by atoms with Crippen molar-refractivity contribution in [2.24, 2.45) is 0 Å². The zero-order chi connectivity index (χ0) is 11.7. The Labute approximate surface area is 90.4 Å². The highest BCUT2D eigenvalue weighted by Gasteiger charge is 2.23. The molecule has 0 aliphatic rings. The van der Waals surface area contributed by atoms with Crippen LogP contribution in [-0.4, -0.2) is 39.3 Å². The maximum Gasteiger partial charge on any atom is 0.407 e. The molecule has 0 spiro atoms. The van der Waals surface area contributed by atoms with Gasteiger partial charge >= 0.3 is 6.09 Å². The lowest BCUT2D eigenvalue weighted by Gasteiger charge is -2.23. The summed E-state index contributed by atoms with van der Waals surface area (Å²) in [5.74, 6) is 0. The quantitative estimate of drug-likeness (QED) is 0.516. The van der Waals surface area contributed by atoms with Gasteiger partial charge in [0, 0.05) is 27.2 Å². The average Bonchev–Trinajstić information content (AvgIpc) is 2.20. The number of hydrogen-bond donors (Lipinski definition) is 1. The zero-order valence-corrected chi connectivity index (χ0v) is 9.49. The maximum absolute atomic E-state index is 11.2. The third-order valence-corrected chi connectivity index (χ3v) is 1.75. The molecule has 0 rings (SSSR count). The van der Waals surface area contributed by atoms with Crippen LogP contribution in [0.25, 0.3) is 0 Å². The van der Waals surface area contributed by atoms with Crippen LogP contribution >= 0.6 is 0 Å². The summed E-state index contributed by atoms with van der Waals surface area (Å²) in [4.78, 5) is 11.2. The molecule has 0 aromatic rings. The van der Waals surface area contributed by atoms with Gasteiger partial charge in [-0.15, -0.1) is 6.58 Å². The van der Waals surface area contributed by atoms with Crippen LogP contribution in [-0.2, 0) is 14.2 Å². The number of nitrogens with one attached hydrogen (secondary N) is 1. The largest absolute Gasteiger partial charge is 0.440 e. The van der Waals surface area contributed by atoms with E-state index in [0.29, 0.717) is 13.0 Å². The number of ether oxygens (including phenoxy) is 3. The number of hydrogen-bond acceptors (Lipinski definition) is 4. The first-order valence-corrected chi connectivity index (χ1v) is 4.80. The Balaban J connectivity index is 4.24. The molecule has 0 aromatic heterocycles. The number of methoxy groups -OCH3 is 2. The Morgan fingerprint density at radius 1 is 1.47 bits per heavy atom. The first kappa shape index (κ1) is 13.9. The minimum absolute atomic E-state index is 0.476. The molecule has 0 heterocycles. The highest BCUT2D eigenvalue weighted by molar-refractivity contribution is 5.67. The molecule has 15 heavy (non-hydrogen) atoms. The Morgan fingerprint density at radius 3 is 2.47 bits per heavy atom. The molecule has 0 fully saturated rings. The lowest BCUT2D eigenvalue weighted by atomic mass is 10.2. The van der Waals surface area contributed by atoms with Gasteiger partial charge in [0.05, 0.1) is 0 Å². The molecule has 0 saturated heterocycles. The lowest BCUT2D eigenvalue weighted by Crippen LogP contribution is -2.37. The van der Waals surface area contributed by atoms with Crippen molar-refractivity contribution < 1.29 is 19.0 Å². The molecule has 88 valence electrons. The minimum Gasteiger partial charge on any atom is -0.440 e. The van der Waals surface area contributed by atoms with Crippen LogP contribution in [0.15, 0.2) is 12.7 Å². The van der Waals surface area contributed by atoms with Crippen molar-refractivity contribution in [1.82, 2.24) is 5.32 Å². The Kier molecular flexibility index (Phi) is 7.67. The number of carbonyl (C=O) groups excluding carboxylic acids is 1. The van der Waals surface area contributed by atoms with Gasteiger partial charge in [0.2, 0.25) is 0 Å². The second kappa shape index (κ2) is 8.26. The second-order valence-electron chi connectivity index (χ2n) is 2.84. The molecule has 1 unspecified atom stereocenters. The van der Waals surface area contributed by atoms with E-state index >= 15 is 0 Å². The van der Waals surface area contributed by atoms with Crippen LogP contribution in [0, 0.1) is 0 Å². The summed E-state index contributed by atoms with van der Waals surface area (Å²) in [5.41, 5.74) is 0.